The summed E-state index contributed by atoms with van der Waals surface area (Å²) in [5.74, 6) is -0.276. The van der Waals surface area contributed by atoms with Gasteiger partial charge in [0.1, 0.15) is 11.5 Å². The van der Waals surface area contributed by atoms with E-state index in [0.717, 1.165) is 12.0 Å². The first-order valence-corrected chi connectivity index (χ1v) is 5.57. The molecule has 0 atom stereocenters. The van der Waals surface area contributed by atoms with Crippen LogP contribution in [0.2, 0.25) is 0 Å². The van der Waals surface area contributed by atoms with Crippen molar-refractivity contribution in [3.05, 3.63) is 35.8 Å². The van der Waals surface area contributed by atoms with Gasteiger partial charge in [-0.05, 0) is 32.0 Å². The highest BCUT2D eigenvalue weighted by atomic mass is 19.1. The van der Waals surface area contributed by atoms with Gasteiger partial charge in [0.25, 0.3) is 0 Å². The van der Waals surface area contributed by atoms with Gasteiger partial charge in [-0.1, -0.05) is 16.8 Å². The van der Waals surface area contributed by atoms with Gasteiger partial charge in [0.05, 0.1) is 6.20 Å². The summed E-state index contributed by atoms with van der Waals surface area (Å²) in [6, 6.07) is 4.95. The first-order valence-electron chi connectivity index (χ1n) is 5.57. The average molecular weight is 234 g/mol. The normalized spacial score (nSPS) is 10.8. The molecule has 0 aliphatic carbocycles. The van der Waals surface area contributed by atoms with E-state index < -0.39 is 0 Å². The van der Waals surface area contributed by atoms with E-state index in [1.165, 1.54) is 6.07 Å². The fourth-order valence-corrected chi connectivity index (χ4v) is 1.62. The van der Waals surface area contributed by atoms with Crippen LogP contribution in [0.3, 0.4) is 0 Å². The average Bonchev–Trinajstić information content (AvgIpc) is 2.78. The first kappa shape index (κ1) is 11.7. The van der Waals surface area contributed by atoms with Crippen molar-refractivity contribution in [3.63, 3.8) is 0 Å². The molecule has 17 heavy (non-hydrogen) atoms. The molecule has 0 unspecified atom stereocenters. The number of aryl methyl sites for hydroxylation is 2. The number of aromatic nitrogens is 3. The Balaban J connectivity index is 2.27. The van der Waals surface area contributed by atoms with Crippen molar-refractivity contribution in [1.29, 1.82) is 0 Å². The Morgan fingerprint density at radius 3 is 3.00 bits per heavy atom. The van der Waals surface area contributed by atoms with Crippen molar-refractivity contribution >= 4 is 0 Å². The van der Waals surface area contributed by atoms with Gasteiger partial charge >= 0.3 is 0 Å². The zero-order valence-corrected chi connectivity index (χ0v) is 9.73. The SMILES string of the molecule is Cc1ccc(F)c(-c2cn(CCCN)nn2)c1. The van der Waals surface area contributed by atoms with Crippen LogP contribution in [0.5, 0.6) is 0 Å². The van der Waals surface area contributed by atoms with Gasteiger partial charge in [-0.3, -0.25) is 4.68 Å². The molecular formula is C12H15FN4. The summed E-state index contributed by atoms with van der Waals surface area (Å²) < 4.78 is 15.3. The number of nitrogens with zero attached hydrogens (tertiary/aromatic N) is 3. The highest BCUT2D eigenvalue weighted by molar-refractivity contribution is 5.59. The monoisotopic (exact) mass is 234 g/mol. The molecule has 1 aromatic carbocycles. The number of hydrogen-bond donors (Lipinski definition) is 1. The molecule has 0 fully saturated rings. The van der Waals surface area contributed by atoms with Crippen molar-refractivity contribution < 1.29 is 4.39 Å². The van der Waals surface area contributed by atoms with E-state index in [1.807, 2.05) is 6.92 Å². The lowest BCUT2D eigenvalue weighted by molar-refractivity contribution is 0.564. The molecule has 90 valence electrons. The van der Waals surface area contributed by atoms with Gasteiger partial charge in [-0.15, -0.1) is 5.10 Å². The predicted octanol–water partition coefficient (Wildman–Crippen LogP) is 1.74. The van der Waals surface area contributed by atoms with Crippen LogP contribution in [0.1, 0.15) is 12.0 Å². The van der Waals surface area contributed by atoms with E-state index in [-0.39, 0.29) is 5.82 Å². The minimum absolute atomic E-state index is 0.276. The lowest BCUT2D eigenvalue weighted by Gasteiger charge is -2.00. The highest BCUT2D eigenvalue weighted by Crippen LogP contribution is 2.21. The third kappa shape index (κ3) is 2.68. The fourth-order valence-electron chi connectivity index (χ4n) is 1.62. The molecule has 0 saturated carbocycles. The van der Waals surface area contributed by atoms with Crippen molar-refractivity contribution in [3.8, 4) is 11.3 Å². The van der Waals surface area contributed by atoms with Gasteiger partial charge < -0.3 is 5.73 Å². The van der Waals surface area contributed by atoms with Gasteiger partial charge in [0.2, 0.25) is 0 Å². The molecule has 0 saturated heterocycles. The molecule has 2 rings (SSSR count). The van der Waals surface area contributed by atoms with E-state index in [1.54, 1.807) is 23.0 Å². The standard InChI is InChI=1S/C12H15FN4/c1-9-3-4-11(13)10(7-9)12-8-17(16-15-12)6-2-5-14/h3-4,7-8H,2,5-6,14H2,1H3. The summed E-state index contributed by atoms with van der Waals surface area (Å²) in [6.45, 7) is 3.23. The minimum Gasteiger partial charge on any atom is -0.330 e. The van der Waals surface area contributed by atoms with Crippen LogP contribution in [0.4, 0.5) is 4.39 Å². The van der Waals surface area contributed by atoms with Crippen LogP contribution in [-0.4, -0.2) is 21.5 Å². The minimum atomic E-state index is -0.276. The Hall–Kier alpha value is -1.75. The van der Waals surface area contributed by atoms with E-state index in [4.69, 9.17) is 5.73 Å². The fraction of sp³-hybridized carbons (Fsp3) is 0.333. The maximum atomic E-state index is 13.6. The molecule has 5 heteroatoms. The number of hydrogen-bond acceptors (Lipinski definition) is 3. The molecule has 0 aliphatic rings. The maximum absolute atomic E-state index is 13.6. The molecule has 0 amide bonds. The van der Waals surface area contributed by atoms with Crippen LogP contribution < -0.4 is 5.73 Å². The first-order chi connectivity index (χ1) is 8.20. The number of nitrogens with two attached hydrogens (primary N) is 1. The molecule has 1 aromatic heterocycles. The maximum Gasteiger partial charge on any atom is 0.132 e. The summed E-state index contributed by atoms with van der Waals surface area (Å²) >= 11 is 0. The van der Waals surface area contributed by atoms with Gasteiger partial charge in [-0.2, -0.15) is 0 Å². The van der Waals surface area contributed by atoms with E-state index in [0.29, 0.717) is 24.3 Å². The van der Waals surface area contributed by atoms with Crippen molar-refractivity contribution in [1.82, 2.24) is 15.0 Å². The summed E-state index contributed by atoms with van der Waals surface area (Å²) in [6.07, 6.45) is 2.58. The van der Waals surface area contributed by atoms with Crippen LogP contribution in [0.25, 0.3) is 11.3 Å². The highest BCUT2D eigenvalue weighted by Gasteiger charge is 2.09. The number of halogens is 1. The lowest BCUT2D eigenvalue weighted by atomic mass is 10.1. The smallest absolute Gasteiger partial charge is 0.132 e. The van der Waals surface area contributed by atoms with Crippen molar-refractivity contribution in [2.45, 2.75) is 19.9 Å². The largest absolute Gasteiger partial charge is 0.330 e. The Kier molecular flexibility index (Phi) is 3.49. The van der Waals surface area contributed by atoms with Crippen molar-refractivity contribution in [2.24, 2.45) is 5.73 Å². The number of rotatable bonds is 4. The molecule has 2 N–H and O–H groups in total. The Morgan fingerprint density at radius 1 is 1.41 bits per heavy atom. The van der Waals surface area contributed by atoms with Crippen LogP contribution in [0, 0.1) is 12.7 Å². The van der Waals surface area contributed by atoms with Crippen LogP contribution in [-0.2, 0) is 6.54 Å². The van der Waals surface area contributed by atoms with E-state index >= 15 is 0 Å². The molecule has 4 nitrogen and oxygen atoms in total. The van der Waals surface area contributed by atoms with Crippen molar-refractivity contribution in [2.75, 3.05) is 6.54 Å². The molecule has 0 bridgehead atoms. The zero-order chi connectivity index (χ0) is 12.3. The molecule has 0 spiro atoms. The second kappa shape index (κ2) is 5.05. The van der Waals surface area contributed by atoms with Gasteiger partial charge in [-0.25, -0.2) is 4.39 Å². The third-order valence-corrected chi connectivity index (χ3v) is 2.53. The summed E-state index contributed by atoms with van der Waals surface area (Å²) in [7, 11) is 0. The molecule has 1 heterocycles. The zero-order valence-electron chi connectivity index (χ0n) is 9.73. The Morgan fingerprint density at radius 2 is 2.24 bits per heavy atom. The number of benzene rings is 1. The molecule has 0 radical (unpaired) electrons. The van der Waals surface area contributed by atoms with E-state index in [2.05, 4.69) is 10.3 Å². The Bertz CT molecular complexity index is 507. The van der Waals surface area contributed by atoms with Gasteiger partial charge in [0.15, 0.2) is 0 Å². The molecular weight excluding hydrogens is 219 g/mol. The van der Waals surface area contributed by atoms with Crippen LogP contribution in [0.15, 0.2) is 24.4 Å². The summed E-state index contributed by atoms with van der Waals surface area (Å²) in [5, 5.41) is 7.92. The second-order valence-corrected chi connectivity index (χ2v) is 3.99. The Labute approximate surface area is 99.2 Å². The topological polar surface area (TPSA) is 56.7 Å². The van der Waals surface area contributed by atoms with E-state index in [9.17, 15) is 4.39 Å². The van der Waals surface area contributed by atoms with Gasteiger partial charge in [0, 0.05) is 12.1 Å². The lowest BCUT2D eigenvalue weighted by Crippen LogP contribution is -2.06. The summed E-state index contributed by atoms with van der Waals surface area (Å²) in [5.41, 5.74) is 7.46. The quantitative estimate of drug-likeness (QED) is 0.876. The molecule has 2 aromatic rings. The second-order valence-electron chi connectivity index (χ2n) is 3.99. The van der Waals surface area contributed by atoms with Crippen LogP contribution >= 0.6 is 0 Å². The summed E-state index contributed by atoms with van der Waals surface area (Å²) in [4.78, 5) is 0. The molecule has 0 aliphatic heterocycles. The third-order valence-electron chi connectivity index (χ3n) is 2.53. The predicted molar refractivity (Wildman–Crippen MR) is 63.8 cm³/mol.